The summed E-state index contributed by atoms with van der Waals surface area (Å²) in [5.41, 5.74) is -1.69. The third-order valence-electron chi connectivity index (χ3n) is 4.68. The number of carboxylic acids is 1. The van der Waals surface area contributed by atoms with Crippen LogP contribution >= 0.6 is 0 Å². The molecule has 1 aliphatic rings. The van der Waals surface area contributed by atoms with Crippen LogP contribution in [0.2, 0.25) is 0 Å². The highest BCUT2D eigenvalue weighted by atomic mass is 19.4. The number of piperidine rings is 1. The molecule has 1 aliphatic heterocycles. The highest BCUT2D eigenvalue weighted by molar-refractivity contribution is 5.78. The number of hydrogen-bond donors (Lipinski definition) is 2. The second-order valence-electron chi connectivity index (χ2n) is 9.51. The van der Waals surface area contributed by atoms with Crippen LogP contribution in [0, 0.1) is 17.3 Å². The minimum absolute atomic E-state index is 0.281. The molecule has 0 aromatic heterocycles. The van der Waals surface area contributed by atoms with Crippen LogP contribution in [0.1, 0.15) is 54.4 Å². The number of ether oxygens (including phenoxy) is 1. The summed E-state index contributed by atoms with van der Waals surface area (Å²) in [7, 11) is 0. The van der Waals surface area contributed by atoms with E-state index in [4.69, 9.17) is 4.74 Å². The summed E-state index contributed by atoms with van der Waals surface area (Å²) < 4.78 is 44.6. The number of rotatable bonds is 5. The lowest BCUT2D eigenvalue weighted by molar-refractivity contribution is -0.190. The molecule has 0 aromatic rings. The molecule has 29 heavy (non-hydrogen) atoms. The standard InChI is InChI=1S/C19H31F3N2O5/c1-17(2,3)14(15(26)27)12(23-16(28)29-18(4,5)6)10-24-9-11(19(20,21)22)7-8-13(24)25/h11-12,14H,7-10H2,1-6H3,(H,23,28)(H,26,27)/t11?,12-,14?/m1/s1. The number of hydrogen-bond acceptors (Lipinski definition) is 4. The first-order valence-electron chi connectivity index (χ1n) is 9.48. The fraction of sp³-hybridized carbons (Fsp3) is 0.842. The van der Waals surface area contributed by atoms with E-state index in [9.17, 15) is 32.7 Å². The van der Waals surface area contributed by atoms with Crippen molar-refractivity contribution in [3.8, 4) is 0 Å². The van der Waals surface area contributed by atoms with Crippen LogP contribution < -0.4 is 5.32 Å². The lowest BCUT2D eigenvalue weighted by atomic mass is 9.76. The number of alkyl halides is 3. The molecule has 2 N–H and O–H groups in total. The first-order valence-corrected chi connectivity index (χ1v) is 9.48. The molecule has 0 bridgehead atoms. The number of halogens is 3. The van der Waals surface area contributed by atoms with E-state index in [0.29, 0.717) is 0 Å². The Labute approximate surface area is 169 Å². The van der Waals surface area contributed by atoms with Crippen LogP contribution in [0.15, 0.2) is 0 Å². The summed E-state index contributed by atoms with van der Waals surface area (Å²) >= 11 is 0. The molecule has 0 aromatic carbocycles. The minimum Gasteiger partial charge on any atom is -0.481 e. The molecule has 1 fully saturated rings. The van der Waals surface area contributed by atoms with Gasteiger partial charge >= 0.3 is 18.2 Å². The first-order chi connectivity index (χ1) is 12.9. The predicted octanol–water partition coefficient (Wildman–Crippen LogP) is 3.43. The molecule has 0 spiro atoms. The molecule has 1 heterocycles. The van der Waals surface area contributed by atoms with Gasteiger partial charge in [0.1, 0.15) is 5.60 Å². The zero-order valence-corrected chi connectivity index (χ0v) is 17.7. The Balaban J connectivity index is 3.14. The number of carbonyl (C=O) groups excluding carboxylic acids is 2. The average Bonchev–Trinajstić information content (AvgIpc) is 2.44. The van der Waals surface area contributed by atoms with Crippen molar-refractivity contribution in [1.82, 2.24) is 10.2 Å². The highest BCUT2D eigenvalue weighted by Crippen LogP contribution is 2.35. The molecule has 2 unspecified atom stereocenters. The Morgan fingerprint density at radius 3 is 2.17 bits per heavy atom. The molecule has 3 atom stereocenters. The Morgan fingerprint density at radius 1 is 1.21 bits per heavy atom. The van der Waals surface area contributed by atoms with Gasteiger partial charge in [0.2, 0.25) is 5.91 Å². The van der Waals surface area contributed by atoms with E-state index in [2.05, 4.69) is 5.32 Å². The van der Waals surface area contributed by atoms with E-state index in [1.54, 1.807) is 41.5 Å². The molecule has 0 saturated carbocycles. The van der Waals surface area contributed by atoms with Crippen molar-refractivity contribution in [1.29, 1.82) is 0 Å². The van der Waals surface area contributed by atoms with Gasteiger partial charge < -0.3 is 20.1 Å². The van der Waals surface area contributed by atoms with E-state index in [1.807, 2.05) is 0 Å². The number of carboxylic acid groups (broad SMARTS) is 1. The molecule has 1 saturated heterocycles. The van der Waals surface area contributed by atoms with Gasteiger partial charge in [0, 0.05) is 19.5 Å². The largest absolute Gasteiger partial charge is 0.481 e. The van der Waals surface area contributed by atoms with Crippen LogP contribution in [-0.4, -0.2) is 58.9 Å². The van der Waals surface area contributed by atoms with Crippen LogP contribution in [0.4, 0.5) is 18.0 Å². The summed E-state index contributed by atoms with van der Waals surface area (Å²) in [6.07, 6.45) is -5.93. The fourth-order valence-corrected chi connectivity index (χ4v) is 3.44. The summed E-state index contributed by atoms with van der Waals surface area (Å²) in [5, 5.41) is 12.2. The van der Waals surface area contributed by atoms with Gasteiger partial charge in [0.15, 0.2) is 0 Å². The van der Waals surface area contributed by atoms with Gasteiger partial charge in [-0.15, -0.1) is 0 Å². The molecule has 10 heteroatoms. The predicted molar refractivity (Wildman–Crippen MR) is 99.1 cm³/mol. The van der Waals surface area contributed by atoms with E-state index in [1.165, 1.54) is 0 Å². The third kappa shape index (κ3) is 7.74. The van der Waals surface area contributed by atoms with Crippen LogP contribution in [-0.2, 0) is 14.3 Å². The second kappa shape index (κ2) is 8.79. The van der Waals surface area contributed by atoms with E-state index < -0.39 is 59.6 Å². The lowest BCUT2D eigenvalue weighted by Gasteiger charge is -2.40. The minimum atomic E-state index is -4.46. The number of nitrogens with one attached hydrogen (secondary N) is 1. The third-order valence-corrected chi connectivity index (χ3v) is 4.68. The molecule has 1 rings (SSSR count). The molecular weight excluding hydrogens is 393 g/mol. The lowest BCUT2D eigenvalue weighted by Crippen LogP contribution is -2.57. The fourth-order valence-electron chi connectivity index (χ4n) is 3.44. The van der Waals surface area contributed by atoms with Gasteiger partial charge in [-0.2, -0.15) is 13.2 Å². The normalized spacial score (nSPS) is 20.8. The zero-order chi connectivity index (χ0) is 22.8. The maximum Gasteiger partial charge on any atom is 0.407 e. The summed E-state index contributed by atoms with van der Waals surface area (Å²) in [5.74, 6) is -4.57. The number of aliphatic carboxylic acids is 1. The van der Waals surface area contributed by atoms with Crippen LogP contribution in [0.25, 0.3) is 0 Å². The van der Waals surface area contributed by atoms with Gasteiger partial charge in [0.25, 0.3) is 0 Å². The van der Waals surface area contributed by atoms with Gasteiger partial charge in [-0.05, 0) is 32.6 Å². The van der Waals surface area contributed by atoms with E-state index in [-0.39, 0.29) is 19.4 Å². The maximum atomic E-state index is 13.1. The zero-order valence-electron chi connectivity index (χ0n) is 17.7. The van der Waals surface area contributed by atoms with Crippen LogP contribution in [0.5, 0.6) is 0 Å². The van der Waals surface area contributed by atoms with Crippen molar-refractivity contribution >= 4 is 18.0 Å². The molecule has 0 aliphatic carbocycles. The van der Waals surface area contributed by atoms with E-state index in [0.717, 1.165) is 4.90 Å². The number of alkyl carbamates (subject to hydrolysis) is 1. The summed E-state index contributed by atoms with van der Waals surface area (Å²) in [6, 6.07) is -1.13. The second-order valence-corrected chi connectivity index (χ2v) is 9.51. The molecule has 2 amide bonds. The SMILES string of the molecule is CC(C)(C)OC(=O)N[C@H](CN1CC(C(F)(F)F)CCC1=O)C(C(=O)O)C(C)(C)C. The van der Waals surface area contributed by atoms with Gasteiger partial charge in [0.05, 0.1) is 17.9 Å². The van der Waals surface area contributed by atoms with Crippen LogP contribution in [0.3, 0.4) is 0 Å². The maximum absolute atomic E-state index is 13.1. The first kappa shape index (κ1) is 25.0. The van der Waals surface area contributed by atoms with Crippen molar-refractivity contribution in [3.05, 3.63) is 0 Å². The molecule has 168 valence electrons. The van der Waals surface area contributed by atoms with Gasteiger partial charge in [-0.1, -0.05) is 20.8 Å². The Bertz CT molecular complexity index is 623. The number of likely N-dealkylation sites (tertiary alicyclic amines) is 1. The summed E-state index contributed by atoms with van der Waals surface area (Å²) in [4.78, 5) is 37.4. The number of nitrogens with zero attached hydrogens (tertiary/aromatic N) is 1. The Hall–Kier alpha value is -2.00. The summed E-state index contributed by atoms with van der Waals surface area (Å²) in [6.45, 7) is 8.90. The topological polar surface area (TPSA) is 95.9 Å². The molecule has 7 nitrogen and oxygen atoms in total. The average molecular weight is 424 g/mol. The monoisotopic (exact) mass is 424 g/mol. The quantitative estimate of drug-likeness (QED) is 0.705. The van der Waals surface area contributed by atoms with Gasteiger partial charge in [-0.25, -0.2) is 4.79 Å². The van der Waals surface area contributed by atoms with E-state index >= 15 is 0 Å². The van der Waals surface area contributed by atoms with Crippen molar-refractivity contribution in [2.45, 2.75) is 72.2 Å². The van der Waals surface area contributed by atoms with Crippen molar-refractivity contribution in [3.63, 3.8) is 0 Å². The molecule has 0 radical (unpaired) electrons. The number of amides is 2. The highest BCUT2D eigenvalue weighted by Gasteiger charge is 2.46. The Kier molecular flexibility index (Phi) is 7.59. The molecular formula is C19H31F3N2O5. The smallest absolute Gasteiger partial charge is 0.407 e. The van der Waals surface area contributed by atoms with Gasteiger partial charge in [-0.3, -0.25) is 9.59 Å². The number of carbonyl (C=O) groups is 3. The van der Waals surface area contributed by atoms with Crippen molar-refractivity contribution in [2.24, 2.45) is 17.3 Å². The Morgan fingerprint density at radius 2 is 1.76 bits per heavy atom. The van der Waals surface area contributed by atoms with Crippen molar-refractivity contribution < 1.29 is 37.4 Å². The van der Waals surface area contributed by atoms with Crippen molar-refractivity contribution in [2.75, 3.05) is 13.1 Å².